The number of nitrogen functional groups attached to an aromatic ring is 1. The summed E-state index contributed by atoms with van der Waals surface area (Å²) in [6.07, 6.45) is 2.78. The third kappa shape index (κ3) is 2.76. The summed E-state index contributed by atoms with van der Waals surface area (Å²) in [5.74, 6) is 1.32. The molecule has 2 aromatic rings. The maximum absolute atomic E-state index is 5.66. The van der Waals surface area contributed by atoms with Crippen LogP contribution < -0.4 is 10.5 Å². The molecule has 3 rings (SSSR count). The van der Waals surface area contributed by atoms with Crippen molar-refractivity contribution in [2.24, 2.45) is 0 Å². The Hall–Kier alpha value is -2.14. The van der Waals surface area contributed by atoms with Crippen LogP contribution in [0.1, 0.15) is 27.9 Å². The van der Waals surface area contributed by atoms with Gasteiger partial charge in [-0.2, -0.15) is 0 Å². The minimum atomic E-state index is 0.369. The highest BCUT2D eigenvalue weighted by atomic mass is 16.5. The summed E-state index contributed by atoms with van der Waals surface area (Å²) in [6.45, 7) is 7.07. The molecule has 0 amide bonds. The van der Waals surface area contributed by atoms with Crippen molar-refractivity contribution in [2.45, 2.75) is 33.4 Å². The molecule has 22 heavy (non-hydrogen) atoms. The van der Waals surface area contributed by atoms with Crippen molar-refractivity contribution in [3.05, 3.63) is 46.3 Å². The van der Waals surface area contributed by atoms with E-state index in [9.17, 15) is 0 Å². The Morgan fingerprint density at radius 1 is 1.27 bits per heavy atom. The van der Waals surface area contributed by atoms with E-state index in [1.165, 1.54) is 22.3 Å². The van der Waals surface area contributed by atoms with E-state index in [1.807, 2.05) is 6.20 Å². The van der Waals surface area contributed by atoms with Crippen LogP contribution in [-0.4, -0.2) is 28.5 Å². The van der Waals surface area contributed by atoms with Crippen molar-refractivity contribution in [1.82, 2.24) is 14.9 Å². The van der Waals surface area contributed by atoms with E-state index in [0.29, 0.717) is 5.95 Å². The Kier molecular flexibility index (Phi) is 3.98. The highest BCUT2D eigenvalue weighted by Gasteiger charge is 2.19. The van der Waals surface area contributed by atoms with Gasteiger partial charge in [0.1, 0.15) is 5.75 Å². The maximum Gasteiger partial charge on any atom is 0.220 e. The number of hydrogen-bond donors (Lipinski definition) is 1. The lowest BCUT2D eigenvalue weighted by Crippen LogP contribution is -2.31. The molecular formula is C17H22N4O. The molecule has 1 aromatic carbocycles. The van der Waals surface area contributed by atoms with E-state index in [2.05, 4.69) is 40.8 Å². The summed E-state index contributed by atoms with van der Waals surface area (Å²) in [5.41, 5.74) is 11.8. The molecule has 5 nitrogen and oxygen atoms in total. The van der Waals surface area contributed by atoms with Crippen LogP contribution in [0.3, 0.4) is 0 Å². The summed E-state index contributed by atoms with van der Waals surface area (Å²) in [6, 6.07) is 4.22. The van der Waals surface area contributed by atoms with Gasteiger partial charge in [0.2, 0.25) is 5.95 Å². The molecule has 0 bridgehead atoms. The smallest absolute Gasteiger partial charge is 0.220 e. The first kappa shape index (κ1) is 14.8. The molecule has 5 heteroatoms. The van der Waals surface area contributed by atoms with Crippen LogP contribution in [0, 0.1) is 13.8 Å². The predicted molar refractivity (Wildman–Crippen MR) is 86.7 cm³/mol. The van der Waals surface area contributed by atoms with Crippen molar-refractivity contribution in [1.29, 1.82) is 0 Å². The standard InChI is InChI=1S/C17H22N4O/c1-11-12(2)16(22-3)5-4-13(11)9-21-7-6-15-14(10-21)8-19-17(18)20-15/h4-5,8H,6-7,9-10H2,1-3H3,(H2,18,19,20). The van der Waals surface area contributed by atoms with E-state index in [-0.39, 0.29) is 0 Å². The number of hydrogen-bond acceptors (Lipinski definition) is 5. The maximum atomic E-state index is 5.66. The lowest BCUT2D eigenvalue weighted by molar-refractivity contribution is 0.242. The molecule has 0 spiro atoms. The summed E-state index contributed by atoms with van der Waals surface area (Å²) in [4.78, 5) is 10.9. The zero-order valence-electron chi connectivity index (χ0n) is 13.4. The predicted octanol–water partition coefficient (Wildman–Crippen LogP) is 2.24. The fourth-order valence-corrected chi connectivity index (χ4v) is 3.01. The average molecular weight is 298 g/mol. The first-order valence-electron chi connectivity index (χ1n) is 7.54. The van der Waals surface area contributed by atoms with Gasteiger partial charge in [0.15, 0.2) is 0 Å². The van der Waals surface area contributed by atoms with Crippen LogP contribution in [0.4, 0.5) is 5.95 Å². The highest BCUT2D eigenvalue weighted by Crippen LogP contribution is 2.26. The molecule has 1 aliphatic rings. The van der Waals surface area contributed by atoms with Crippen LogP contribution in [-0.2, 0) is 19.5 Å². The summed E-state index contributed by atoms with van der Waals surface area (Å²) >= 11 is 0. The minimum absolute atomic E-state index is 0.369. The first-order valence-corrected chi connectivity index (χ1v) is 7.54. The van der Waals surface area contributed by atoms with E-state index in [4.69, 9.17) is 10.5 Å². The van der Waals surface area contributed by atoms with E-state index < -0.39 is 0 Å². The minimum Gasteiger partial charge on any atom is -0.496 e. The topological polar surface area (TPSA) is 64.3 Å². The number of anilines is 1. The zero-order chi connectivity index (χ0) is 15.7. The number of ether oxygens (including phenoxy) is 1. The lowest BCUT2D eigenvalue weighted by atomic mass is 10.0. The second-order valence-corrected chi connectivity index (χ2v) is 5.84. The second-order valence-electron chi connectivity index (χ2n) is 5.84. The van der Waals surface area contributed by atoms with Crippen LogP contribution in [0.2, 0.25) is 0 Å². The molecule has 0 atom stereocenters. The van der Waals surface area contributed by atoms with Gasteiger partial charge in [-0.25, -0.2) is 9.97 Å². The van der Waals surface area contributed by atoms with Gasteiger partial charge in [-0.05, 0) is 36.6 Å². The Bertz CT molecular complexity index is 699. The van der Waals surface area contributed by atoms with Gasteiger partial charge in [-0.15, -0.1) is 0 Å². The Morgan fingerprint density at radius 3 is 2.86 bits per heavy atom. The molecule has 0 saturated heterocycles. The second kappa shape index (κ2) is 5.93. The third-order valence-corrected chi connectivity index (χ3v) is 4.50. The molecule has 0 fully saturated rings. The molecule has 0 saturated carbocycles. The van der Waals surface area contributed by atoms with Crippen molar-refractivity contribution in [3.63, 3.8) is 0 Å². The van der Waals surface area contributed by atoms with Crippen molar-refractivity contribution < 1.29 is 4.74 Å². The SMILES string of the molecule is COc1ccc(CN2CCc3nc(N)ncc3C2)c(C)c1C. The number of nitrogens with two attached hydrogens (primary N) is 1. The number of nitrogens with zero attached hydrogens (tertiary/aromatic N) is 3. The molecule has 1 aliphatic heterocycles. The van der Waals surface area contributed by atoms with Crippen LogP contribution in [0.15, 0.2) is 18.3 Å². The molecule has 116 valence electrons. The zero-order valence-corrected chi connectivity index (χ0v) is 13.4. The Morgan fingerprint density at radius 2 is 2.09 bits per heavy atom. The fraction of sp³-hybridized carbons (Fsp3) is 0.412. The monoisotopic (exact) mass is 298 g/mol. The van der Waals surface area contributed by atoms with Gasteiger partial charge in [0.05, 0.1) is 12.8 Å². The summed E-state index contributed by atoms with van der Waals surface area (Å²) in [5, 5.41) is 0. The van der Waals surface area contributed by atoms with Gasteiger partial charge >= 0.3 is 0 Å². The van der Waals surface area contributed by atoms with E-state index >= 15 is 0 Å². The number of aromatic nitrogens is 2. The van der Waals surface area contributed by atoms with Gasteiger partial charge in [-0.3, -0.25) is 4.90 Å². The first-order chi connectivity index (χ1) is 10.6. The van der Waals surface area contributed by atoms with Crippen LogP contribution in [0.25, 0.3) is 0 Å². The van der Waals surface area contributed by atoms with E-state index in [1.54, 1.807) is 7.11 Å². The van der Waals surface area contributed by atoms with Gasteiger partial charge in [0.25, 0.3) is 0 Å². The third-order valence-electron chi connectivity index (χ3n) is 4.50. The summed E-state index contributed by atoms with van der Waals surface area (Å²) in [7, 11) is 1.72. The summed E-state index contributed by atoms with van der Waals surface area (Å²) < 4.78 is 5.39. The van der Waals surface area contributed by atoms with Gasteiger partial charge < -0.3 is 10.5 Å². The normalized spacial score (nSPS) is 14.7. The average Bonchev–Trinajstić information content (AvgIpc) is 2.52. The number of fused-ring (bicyclic) bond motifs is 1. The van der Waals surface area contributed by atoms with Crippen LogP contribution >= 0.6 is 0 Å². The Balaban J connectivity index is 1.78. The Labute approximate surface area is 131 Å². The molecule has 2 heterocycles. The molecule has 0 unspecified atom stereocenters. The fourth-order valence-electron chi connectivity index (χ4n) is 3.01. The van der Waals surface area contributed by atoms with Crippen molar-refractivity contribution in [3.8, 4) is 5.75 Å². The number of benzene rings is 1. The number of methoxy groups -OCH3 is 1. The van der Waals surface area contributed by atoms with E-state index in [0.717, 1.165) is 37.5 Å². The van der Waals surface area contributed by atoms with Crippen LogP contribution in [0.5, 0.6) is 5.75 Å². The molecule has 2 N–H and O–H groups in total. The highest BCUT2D eigenvalue weighted by molar-refractivity contribution is 5.43. The molecule has 0 radical (unpaired) electrons. The van der Waals surface area contributed by atoms with Crippen molar-refractivity contribution >= 4 is 5.95 Å². The number of rotatable bonds is 3. The van der Waals surface area contributed by atoms with Gasteiger partial charge in [0, 0.05) is 37.8 Å². The molecule has 0 aliphatic carbocycles. The van der Waals surface area contributed by atoms with Crippen molar-refractivity contribution in [2.75, 3.05) is 19.4 Å². The largest absolute Gasteiger partial charge is 0.496 e. The molecular weight excluding hydrogens is 276 g/mol. The quantitative estimate of drug-likeness (QED) is 0.941. The van der Waals surface area contributed by atoms with Gasteiger partial charge in [-0.1, -0.05) is 6.07 Å². The lowest BCUT2D eigenvalue weighted by Gasteiger charge is -2.28. The molecule has 1 aromatic heterocycles.